The second-order valence-electron chi connectivity index (χ2n) is 6.99. The van der Waals surface area contributed by atoms with Crippen LogP contribution in [0.4, 0.5) is 0 Å². The van der Waals surface area contributed by atoms with Gasteiger partial charge in [-0.2, -0.15) is 4.98 Å². The molecule has 0 N–H and O–H groups in total. The zero-order chi connectivity index (χ0) is 17.4. The van der Waals surface area contributed by atoms with Gasteiger partial charge in [0.25, 0.3) is 0 Å². The summed E-state index contributed by atoms with van der Waals surface area (Å²) in [7, 11) is 1.68. The first-order chi connectivity index (χ1) is 12.2. The predicted molar refractivity (Wildman–Crippen MR) is 91.4 cm³/mol. The number of hydrogen-bond donors (Lipinski definition) is 0. The second kappa shape index (κ2) is 6.50. The molecular formula is C19H23N3O3. The van der Waals surface area contributed by atoms with Crippen molar-refractivity contribution in [1.29, 1.82) is 0 Å². The standard InChI is InChI=1S/C19H23N3O3/c1-12-20-18(25-21-12)13-6-5-9-22(11-13)19(23)16-10-15(16)14-7-3-4-8-17(14)24-2/h3-4,7-8,13,15-16H,5-6,9-11H2,1-2H3/t13?,15-,16+/m0/s1. The normalized spacial score (nSPS) is 25.7. The number of para-hydroxylation sites is 1. The molecule has 0 spiro atoms. The van der Waals surface area contributed by atoms with Crippen LogP contribution in [0.3, 0.4) is 0 Å². The van der Waals surface area contributed by atoms with Crippen molar-refractivity contribution in [1.82, 2.24) is 15.0 Å². The highest BCUT2D eigenvalue weighted by Crippen LogP contribution is 2.51. The molecule has 25 heavy (non-hydrogen) atoms. The maximum absolute atomic E-state index is 12.9. The fourth-order valence-corrected chi connectivity index (χ4v) is 3.88. The topological polar surface area (TPSA) is 68.5 Å². The molecule has 6 heteroatoms. The van der Waals surface area contributed by atoms with E-state index < -0.39 is 0 Å². The molecule has 1 aliphatic carbocycles. The number of methoxy groups -OCH3 is 1. The van der Waals surface area contributed by atoms with E-state index in [0.29, 0.717) is 18.3 Å². The highest BCUT2D eigenvalue weighted by molar-refractivity contribution is 5.83. The Morgan fingerprint density at radius 3 is 2.96 bits per heavy atom. The van der Waals surface area contributed by atoms with Crippen molar-refractivity contribution in [2.45, 2.75) is 38.0 Å². The van der Waals surface area contributed by atoms with Crippen molar-refractivity contribution in [3.05, 3.63) is 41.5 Å². The number of hydrogen-bond acceptors (Lipinski definition) is 5. The first-order valence-corrected chi connectivity index (χ1v) is 8.89. The van der Waals surface area contributed by atoms with E-state index >= 15 is 0 Å². The number of amides is 1. The van der Waals surface area contributed by atoms with Gasteiger partial charge in [0.05, 0.1) is 13.0 Å². The van der Waals surface area contributed by atoms with Crippen molar-refractivity contribution < 1.29 is 14.1 Å². The van der Waals surface area contributed by atoms with E-state index in [1.54, 1.807) is 7.11 Å². The lowest BCUT2D eigenvalue weighted by Crippen LogP contribution is -2.40. The average molecular weight is 341 g/mol. The molecule has 0 bridgehead atoms. The summed E-state index contributed by atoms with van der Waals surface area (Å²) in [6, 6.07) is 8.00. The summed E-state index contributed by atoms with van der Waals surface area (Å²) in [6.45, 7) is 3.31. The number of aryl methyl sites for hydroxylation is 1. The van der Waals surface area contributed by atoms with E-state index in [-0.39, 0.29) is 23.7 Å². The van der Waals surface area contributed by atoms with Crippen LogP contribution in [0, 0.1) is 12.8 Å². The Hall–Kier alpha value is -2.37. The van der Waals surface area contributed by atoms with Crippen LogP contribution in [0.15, 0.2) is 28.8 Å². The number of likely N-dealkylation sites (tertiary alicyclic amines) is 1. The van der Waals surface area contributed by atoms with Crippen LogP contribution in [-0.4, -0.2) is 41.1 Å². The van der Waals surface area contributed by atoms with Gasteiger partial charge in [0.15, 0.2) is 5.82 Å². The lowest BCUT2D eigenvalue weighted by Gasteiger charge is -2.31. The smallest absolute Gasteiger partial charge is 0.231 e. The van der Waals surface area contributed by atoms with Crippen molar-refractivity contribution in [2.75, 3.05) is 20.2 Å². The van der Waals surface area contributed by atoms with E-state index in [9.17, 15) is 4.79 Å². The molecule has 1 aliphatic heterocycles. The maximum Gasteiger partial charge on any atom is 0.231 e. The fraction of sp³-hybridized carbons (Fsp3) is 0.526. The van der Waals surface area contributed by atoms with Crippen LogP contribution >= 0.6 is 0 Å². The number of piperidine rings is 1. The molecule has 4 rings (SSSR count). The molecule has 1 saturated heterocycles. The van der Waals surface area contributed by atoms with Crippen LogP contribution < -0.4 is 4.74 Å². The summed E-state index contributed by atoms with van der Waals surface area (Å²) >= 11 is 0. The lowest BCUT2D eigenvalue weighted by atomic mass is 9.97. The average Bonchev–Trinajstić information content (AvgIpc) is 3.34. The predicted octanol–water partition coefficient (Wildman–Crippen LogP) is 2.90. The van der Waals surface area contributed by atoms with Crippen LogP contribution in [-0.2, 0) is 4.79 Å². The van der Waals surface area contributed by atoms with E-state index in [1.165, 1.54) is 0 Å². The Morgan fingerprint density at radius 2 is 2.20 bits per heavy atom. The van der Waals surface area contributed by atoms with Crippen molar-refractivity contribution >= 4 is 5.91 Å². The molecule has 1 aromatic heterocycles. The molecule has 3 atom stereocenters. The van der Waals surface area contributed by atoms with Crippen molar-refractivity contribution in [3.8, 4) is 5.75 Å². The molecular weight excluding hydrogens is 318 g/mol. The van der Waals surface area contributed by atoms with Crippen LogP contribution in [0.2, 0.25) is 0 Å². The Morgan fingerprint density at radius 1 is 1.36 bits per heavy atom. The summed E-state index contributed by atoms with van der Waals surface area (Å²) in [5.41, 5.74) is 1.14. The van der Waals surface area contributed by atoms with Gasteiger partial charge in [0.1, 0.15) is 5.75 Å². The number of benzene rings is 1. The third-order valence-electron chi connectivity index (χ3n) is 5.27. The maximum atomic E-state index is 12.9. The summed E-state index contributed by atoms with van der Waals surface area (Å²) in [5.74, 6) is 2.93. The van der Waals surface area contributed by atoms with Crippen LogP contribution in [0.25, 0.3) is 0 Å². The Labute approximate surface area is 147 Å². The van der Waals surface area contributed by atoms with Gasteiger partial charge in [-0.25, -0.2) is 0 Å². The Bertz CT molecular complexity index is 773. The number of aromatic nitrogens is 2. The van der Waals surface area contributed by atoms with E-state index in [2.05, 4.69) is 16.2 Å². The second-order valence-corrected chi connectivity index (χ2v) is 6.99. The molecule has 1 saturated carbocycles. The van der Waals surface area contributed by atoms with Gasteiger partial charge >= 0.3 is 0 Å². The lowest BCUT2D eigenvalue weighted by molar-refractivity contribution is -0.134. The van der Waals surface area contributed by atoms with E-state index in [1.807, 2.05) is 30.0 Å². The van der Waals surface area contributed by atoms with Crippen molar-refractivity contribution in [2.24, 2.45) is 5.92 Å². The largest absolute Gasteiger partial charge is 0.496 e. The van der Waals surface area contributed by atoms with Gasteiger partial charge in [-0.15, -0.1) is 0 Å². The van der Waals surface area contributed by atoms with Gasteiger partial charge in [0, 0.05) is 19.0 Å². The monoisotopic (exact) mass is 341 g/mol. The summed E-state index contributed by atoms with van der Waals surface area (Å²) in [5, 5.41) is 3.88. The van der Waals surface area contributed by atoms with Gasteiger partial charge in [-0.05, 0) is 43.7 Å². The van der Waals surface area contributed by atoms with Gasteiger partial charge in [-0.3, -0.25) is 4.79 Å². The Kier molecular flexibility index (Phi) is 4.19. The molecule has 6 nitrogen and oxygen atoms in total. The first kappa shape index (κ1) is 16.1. The molecule has 2 fully saturated rings. The molecule has 1 aromatic carbocycles. The molecule has 1 amide bonds. The highest BCUT2D eigenvalue weighted by Gasteiger charge is 2.47. The minimum Gasteiger partial charge on any atom is -0.496 e. The zero-order valence-electron chi connectivity index (χ0n) is 14.6. The SMILES string of the molecule is COc1ccccc1[C@@H]1C[C@H]1C(=O)N1CCCC(c2nc(C)no2)C1. The summed E-state index contributed by atoms with van der Waals surface area (Å²) < 4.78 is 10.8. The Balaban J connectivity index is 1.43. The van der Waals surface area contributed by atoms with Gasteiger partial charge in [-0.1, -0.05) is 23.4 Å². The fourth-order valence-electron chi connectivity index (χ4n) is 3.88. The molecule has 132 valence electrons. The number of rotatable bonds is 4. The highest BCUT2D eigenvalue weighted by atomic mass is 16.5. The van der Waals surface area contributed by atoms with Gasteiger partial charge in [0.2, 0.25) is 11.8 Å². The quantitative estimate of drug-likeness (QED) is 0.855. The minimum atomic E-state index is 0.0690. The summed E-state index contributed by atoms with van der Waals surface area (Å²) in [6.07, 6.45) is 2.87. The van der Waals surface area contributed by atoms with Crippen LogP contribution in [0.5, 0.6) is 5.75 Å². The minimum absolute atomic E-state index is 0.0690. The molecule has 2 aromatic rings. The third kappa shape index (κ3) is 3.13. The number of carbonyl (C=O) groups is 1. The van der Waals surface area contributed by atoms with Gasteiger partial charge < -0.3 is 14.2 Å². The third-order valence-corrected chi connectivity index (χ3v) is 5.27. The zero-order valence-corrected chi connectivity index (χ0v) is 14.6. The molecule has 0 radical (unpaired) electrons. The van der Waals surface area contributed by atoms with Crippen molar-refractivity contribution in [3.63, 3.8) is 0 Å². The molecule has 2 heterocycles. The number of nitrogens with zero attached hydrogens (tertiary/aromatic N) is 3. The van der Waals surface area contributed by atoms with E-state index in [0.717, 1.165) is 37.1 Å². The first-order valence-electron chi connectivity index (χ1n) is 8.89. The van der Waals surface area contributed by atoms with Crippen LogP contribution in [0.1, 0.15) is 48.4 Å². The number of carbonyl (C=O) groups excluding carboxylic acids is 1. The molecule has 1 unspecified atom stereocenters. The summed E-state index contributed by atoms with van der Waals surface area (Å²) in [4.78, 5) is 19.3. The van der Waals surface area contributed by atoms with E-state index in [4.69, 9.17) is 9.26 Å². The number of ether oxygens (including phenoxy) is 1. The molecule has 2 aliphatic rings.